The molecule has 0 radical (unpaired) electrons. The summed E-state index contributed by atoms with van der Waals surface area (Å²) >= 11 is 0. The van der Waals surface area contributed by atoms with Crippen LogP contribution in [-0.2, 0) is 14.4 Å². The monoisotopic (exact) mass is 284 g/mol. The summed E-state index contributed by atoms with van der Waals surface area (Å²) in [5.74, 6) is -1.25. The third-order valence-electron chi connectivity index (χ3n) is 4.33. The van der Waals surface area contributed by atoms with E-state index in [0.29, 0.717) is 19.4 Å². The molecular formula is C12H20N4O4. The first-order chi connectivity index (χ1) is 9.29. The van der Waals surface area contributed by atoms with Gasteiger partial charge in [0.05, 0.1) is 12.1 Å². The summed E-state index contributed by atoms with van der Waals surface area (Å²) in [5.41, 5.74) is 4.54. The first-order valence-electron chi connectivity index (χ1n) is 6.58. The Balaban J connectivity index is 2.04. The van der Waals surface area contributed by atoms with Crippen molar-refractivity contribution in [1.82, 2.24) is 15.5 Å². The lowest BCUT2D eigenvalue weighted by atomic mass is 9.89. The van der Waals surface area contributed by atoms with Gasteiger partial charge in [0.2, 0.25) is 17.7 Å². The second-order valence-corrected chi connectivity index (χ2v) is 5.51. The van der Waals surface area contributed by atoms with Gasteiger partial charge in [-0.2, -0.15) is 0 Å². The molecule has 112 valence electrons. The van der Waals surface area contributed by atoms with Gasteiger partial charge in [-0.1, -0.05) is 0 Å². The molecule has 4 atom stereocenters. The minimum atomic E-state index is -1.12. The molecule has 0 bridgehead atoms. The third kappa shape index (κ3) is 2.14. The van der Waals surface area contributed by atoms with Crippen molar-refractivity contribution in [1.29, 1.82) is 0 Å². The Morgan fingerprint density at radius 2 is 2.25 bits per heavy atom. The molecule has 2 rings (SSSR count). The quantitative estimate of drug-likeness (QED) is 0.418. The molecule has 5 N–H and O–H groups in total. The molecule has 1 spiro atoms. The highest BCUT2D eigenvalue weighted by Gasteiger charge is 2.56. The second-order valence-electron chi connectivity index (χ2n) is 5.51. The van der Waals surface area contributed by atoms with Crippen LogP contribution in [0.3, 0.4) is 0 Å². The molecule has 2 fully saturated rings. The van der Waals surface area contributed by atoms with E-state index in [-0.39, 0.29) is 5.91 Å². The molecule has 20 heavy (non-hydrogen) atoms. The summed E-state index contributed by atoms with van der Waals surface area (Å²) in [6.45, 7) is 1.91. The SMILES string of the molecule is C[C@@H](O)[C@@H](NC(=O)C1CCC2(CNC2=O)N1C)C(N)=O. The van der Waals surface area contributed by atoms with E-state index in [1.54, 1.807) is 11.9 Å². The largest absolute Gasteiger partial charge is 0.391 e. The van der Waals surface area contributed by atoms with E-state index in [9.17, 15) is 19.5 Å². The Hall–Kier alpha value is -1.67. The smallest absolute Gasteiger partial charge is 0.242 e. The Labute approximate surface area is 116 Å². The zero-order valence-electron chi connectivity index (χ0n) is 11.5. The number of nitrogens with two attached hydrogens (primary N) is 1. The molecule has 2 unspecified atom stereocenters. The summed E-state index contributed by atoms with van der Waals surface area (Å²) in [5, 5.41) is 14.6. The van der Waals surface area contributed by atoms with Crippen LogP contribution in [0.5, 0.6) is 0 Å². The maximum atomic E-state index is 12.2. The van der Waals surface area contributed by atoms with E-state index < -0.39 is 35.5 Å². The molecule has 8 heteroatoms. The van der Waals surface area contributed by atoms with Gasteiger partial charge in [-0.25, -0.2) is 0 Å². The van der Waals surface area contributed by atoms with Gasteiger partial charge in [-0.05, 0) is 26.8 Å². The fourth-order valence-corrected chi connectivity index (χ4v) is 2.88. The Morgan fingerprint density at radius 3 is 2.60 bits per heavy atom. The first-order valence-corrected chi connectivity index (χ1v) is 6.58. The van der Waals surface area contributed by atoms with Crippen LogP contribution in [0.1, 0.15) is 19.8 Å². The number of carbonyl (C=O) groups excluding carboxylic acids is 3. The highest BCUT2D eigenvalue weighted by molar-refractivity contribution is 5.95. The van der Waals surface area contributed by atoms with Gasteiger partial charge in [-0.15, -0.1) is 0 Å². The van der Waals surface area contributed by atoms with Crippen molar-refractivity contribution in [2.45, 2.75) is 43.5 Å². The van der Waals surface area contributed by atoms with Crippen molar-refractivity contribution < 1.29 is 19.5 Å². The zero-order chi connectivity index (χ0) is 15.1. The van der Waals surface area contributed by atoms with Crippen molar-refractivity contribution in [3.63, 3.8) is 0 Å². The molecule has 2 heterocycles. The lowest BCUT2D eigenvalue weighted by Crippen LogP contribution is -2.71. The van der Waals surface area contributed by atoms with E-state index in [1.807, 2.05) is 0 Å². The van der Waals surface area contributed by atoms with Gasteiger partial charge in [0, 0.05) is 6.54 Å². The number of aliphatic hydroxyl groups is 1. The third-order valence-corrected chi connectivity index (χ3v) is 4.33. The minimum Gasteiger partial charge on any atom is -0.391 e. The maximum Gasteiger partial charge on any atom is 0.242 e. The Morgan fingerprint density at radius 1 is 1.60 bits per heavy atom. The van der Waals surface area contributed by atoms with Crippen molar-refractivity contribution in [3.8, 4) is 0 Å². The average Bonchev–Trinajstić information content (AvgIpc) is 2.73. The van der Waals surface area contributed by atoms with E-state index in [0.717, 1.165) is 0 Å². The number of hydrogen-bond donors (Lipinski definition) is 4. The number of β-lactam (4-membered cyclic amide) rings is 1. The molecular weight excluding hydrogens is 264 g/mol. The summed E-state index contributed by atoms with van der Waals surface area (Å²) < 4.78 is 0. The normalized spacial score (nSPS) is 32.4. The molecule has 8 nitrogen and oxygen atoms in total. The van der Waals surface area contributed by atoms with Gasteiger partial charge in [0.15, 0.2) is 0 Å². The molecule has 2 aliphatic rings. The molecule has 0 aromatic carbocycles. The van der Waals surface area contributed by atoms with Gasteiger partial charge in [-0.3, -0.25) is 19.3 Å². The Kier molecular flexibility index (Phi) is 3.70. The predicted molar refractivity (Wildman–Crippen MR) is 69.3 cm³/mol. The summed E-state index contributed by atoms with van der Waals surface area (Å²) in [6.07, 6.45) is 0.0637. The van der Waals surface area contributed by atoms with E-state index in [2.05, 4.69) is 10.6 Å². The standard InChI is InChI=1S/C12H20N4O4/c1-6(17)8(9(13)18)15-10(19)7-3-4-12(16(7)2)5-14-11(12)20/h6-8,17H,3-5H2,1-2H3,(H2,13,18)(H,14,20)(H,15,19)/t6-,7?,8-,12?/m1/s1. The number of aliphatic hydroxyl groups excluding tert-OH is 1. The summed E-state index contributed by atoms with van der Waals surface area (Å²) in [4.78, 5) is 36.8. The number of rotatable bonds is 4. The number of amides is 3. The molecule has 0 aliphatic carbocycles. The molecule has 2 saturated heterocycles. The number of likely N-dealkylation sites (N-methyl/N-ethyl adjacent to an activating group) is 1. The topological polar surface area (TPSA) is 125 Å². The van der Waals surface area contributed by atoms with Gasteiger partial charge in [0.1, 0.15) is 11.6 Å². The van der Waals surface area contributed by atoms with Crippen LogP contribution in [0.4, 0.5) is 0 Å². The zero-order valence-corrected chi connectivity index (χ0v) is 11.5. The molecule has 3 amide bonds. The first kappa shape index (κ1) is 14.7. The lowest BCUT2D eigenvalue weighted by Gasteiger charge is -2.44. The van der Waals surface area contributed by atoms with Crippen molar-refractivity contribution in [2.24, 2.45) is 5.73 Å². The lowest BCUT2D eigenvalue weighted by molar-refractivity contribution is -0.143. The van der Waals surface area contributed by atoms with Gasteiger partial charge >= 0.3 is 0 Å². The molecule has 0 aromatic heterocycles. The van der Waals surface area contributed by atoms with Crippen LogP contribution in [0.25, 0.3) is 0 Å². The van der Waals surface area contributed by atoms with E-state index in [1.165, 1.54) is 6.92 Å². The average molecular weight is 284 g/mol. The predicted octanol–water partition coefficient (Wildman–Crippen LogP) is -2.70. The van der Waals surface area contributed by atoms with Crippen LogP contribution in [0, 0.1) is 0 Å². The summed E-state index contributed by atoms with van der Waals surface area (Å²) in [6, 6.07) is -1.62. The number of primary amides is 1. The van der Waals surface area contributed by atoms with Crippen molar-refractivity contribution >= 4 is 17.7 Å². The maximum absolute atomic E-state index is 12.2. The number of nitrogens with one attached hydrogen (secondary N) is 2. The highest BCUT2D eigenvalue weighted by atomic mass is 16.3. The van der Waals surface area contributed by atoms with Gasteiger partial charge in [0.25, 0.3) is 0 Å². The molecule has 0 saturated carbocycles. The van der Waals surface area contributed by atoms with Crippen molar-refractivity contribution in [2.75, 3.05) is 13.6 Å². The fraction of sp³-hybridized carbons (Fsp3) is 0.750. The van der Waals surface area contributed by atoms with E-state index in [4.69, 9.17) is 5.73 Å². The van der Waals surface area contributed by atoms with Crippen LogP contribution in [0.15, 0.2) is 0 Å². The van der Waals surface area contributed by atoms with Crippen LogP contribution in [0.2, 0.25) is 0 Å². The molecule has 0 aromatic rings. The van der Waals surface area contributed by atoms with Crippen molar-refractivity contribution in [3.05, 3.63) is 0 Å². The van der Waals surface area contributed by atoms with Crippen LogP contribution >= 0.6 is 0 Å². The minimum absolute atomic E-state index is 0.0720. The summed E-state index contributed by atoms with van der Waals surface area (Å²) in [7, 11) is 1.72. The second kappa shape index (κ2) is 5.02. The number of likely N-dealkylation sites (tertiary alicyclic amines) is 1. The molecule has 2 aliphatic heterocycles. The van der Waals surface area contributed by atoms with Crippen LogP contribution < -0.4 is 16.4 Å². The van der Waals surface area contributed by atoms with Gasteiger partial charge < -0.3 is 21.5 Å². The number of hydrogen-bond acceptors (Lipinski definition) is 5. The number of carbonyl (C=O) groups is 3. The Bertz CT molecular complexity index is 453. The number of nitrogens with zero attached hydrogens (tertiary/aromatic N) is 1. The fourth-order valence-electron chi connectivity index (χ4n) is 2.88. The van der Waals surface area contributed by atoms with Crippen LogP contribution in [-0.4, -0.2) is 65.0 Å². The highest BCUT2D eigenvalue weighted by Crippen LogP contribution is 2.36. The van der Waals surface area contributed by atoms with E-state index >= 15 is 0 Å².